The van der Waals surface area contributed by atoms with E-state index in [4.69, 9.17) is 10.5 Å². The molecular weight excluding hydrogens is 270 g/mol. The number of thioether (sulfide) groups is 1. The van der Waals surface area contributed by atoms with Crippen LogP contribution >= 0.6 is 11.8 Å². The van der Waals surface area contributed by atoms with Crippen molar-refractivity contribution in [1.29, 1.82) is 0 Å². The van der Waals surface area contributed by atoms with Crippen LogP contribution in [0.3, 0.4) is 0 Å². The zero-order valence-electron chi connectivity index (χ0n) is 12.5. The van der Waals surface area contributed by atoms with Crippen LogP contribution in [0.1, 0.15) is 45.4 Å². The lowest BCUT2D eigenvalue weighted by molar-refractivity contribution is -0.144. The minimum absolute atomic E-state index is 0.245. The fourth-order valence-corrected chi connectivity index (χ4v) is 6.48. The van der Waals surface area contributed by atoms with E-state index in [0.717, 1.165) is 17.8 Å². The highest BCUT2D eigenvalue weighted by molar-refractivity contribution is 7.99. The van der Waals surface area contributed by atoms with E-state index in [9.17, 15) is 4.79 Å². The van der Waals surface area contributed by atoms with Gasteiger partial charge in [0, 0.05) is 5.75 Å². The largest absolute Gasteiger partial charge is 0.465 e. The lowest BCUT2D eigenvalue weighted by Crippen LogP contribution is -2.47. The van der Waals surface area contributed by atoms with Crippen LogP contribution in [-0.2, 0) is 9.53 Å². The van der Waals surface area contributed by atoms with E-state index in [0.29, 0.717) is 17.8 Å². The molecule has 2 N–H and O–H groups in total. The molecule has 0 amide bonds. The maximum absolute atomic E-state index is 11.5. The van der Waals surface area contributed by atoms with Crippen LogP contribution in [0.2, 0.25) is 0 Å². The number of hydrogen-bond donors (Lipinski definition) is 1. The van der Waals surface area contributed by atoms with Gasteiger partial charge in [0.05, 0.1) is 6.61 Å². The maximum atomic E-state index is 11.5. The van der Waals surface area contributed by atoms with Crippen LogP contribution in [-0.4, -0.2) is 30.1 Å². The van der Waals surface area contributed by atoms with E-state index in [1.54, 1.807) is 0 Å². The molecule has 4 fully saturated rings. The number of ether oxygens (including phenoxy) is 1. The average molecular weight is 297 g/mol. The lowest BCUT2D eigenvalue weighted by atomic mass is 9.50. The zero-order valence-corrected chi connectivity index (χ0v) is 13.3. The average Bonchev–Trinajstić information content (AvgIpc) is 2.36. The normalized spacial score (nSPS) is 39.8. The van der Waals surface area contributed by atoms with Crippen LogP contribution in [0.5, 0.6) is 0 Å². The summed E-state index contributed by atoms with van der Waals surface area (Å²) in [6, 6.07) is -0.450. The summed E-state index contributed by atoms with van der Waals surface area (Å²) in [5.41, 5.74) is 6.46. The second-order valence-corrected chi connectivity index (χ2v) is 8.32. The number of carbonyl (C=O) groups is 1. The van der Waals surface area contributed by atoms with Gasteiger partial charge >= 0.3 is 5.97 Å². The van der Waals surface area contributed by atoms with E-state index in [-0.39, 0.29) is 5.97 Å². The fraction of sp³-hybridized carbons (Fsp3) is 0.938. The molecule has 1 unspecified atom stereocenters. The molecule has 4 bridgehead atoms. The van der Waals surface area contributed by atoms with Crippen molar-refractivity contribution in [3.63, 3.8) is 0 Å². The summed E-state index contributed by atoms with van der Waals surface area (Å²) in [6.07, 6.45) is 8.77. The van der Waals surface area contributed by atoms with Gasteiger partial charge in [-0.2, -0.15) is 11.8 Å². The van der Waals surface area contributed by atoms with Crippen molar-refractivity contribution >= 4 is 17.7 Å². The molecule has 0 aromatic carbocycles. The lowest BCUT2D eigenvalue weighted by Gasteiger charge is -2.57. The Labute approximate surface area is 126 Å². The van der Waals surface area contributed by atoms with Crippen molar-refractivity contribution in [2.45, 2.75) is 51.5 Å². The first-order valence-electron chi connectivity index (χ1n) is 8.10. The predicted molar refractivity (Wildman–Crippen MR) is 82.5 cm³/mol. The van der Waals surface area contributed by atoms with Crippen molar-refractivity contribution in [3.05, 3.63) is 0 Å². The molecule has 114 valence electrons. The van der Waals surface area contributed by atoms with Gasteiger partial charge < -0.3 is 10.5 Å². The summed E-state index contributed by atoms with van der Waals surface area (Å²) in [6.45, 7) is 2.25. The molecule has 20 heavy (non-hydrogen) atoms. The van der Waals surface area contributed by atoms with E-state index in [2.05, 4.69) is 0 Å². The van der Waals surface area contributed by atoms with Crippen LogP contribution in [0.25, 0.3) is 0 Å². The van der Waals surface area contributed by atoms with Crippen molar-refractivity contribution in [2.24, 2.45) is 28.9 Å². The van der Waals surface area contributed by atoms with Gasteiger partial charge in [-0.25, -0.2) is 0 Å². The first-order valence-corrected chi connectivity index (χ1v) is 9.25. The molecule has 1 atom stereocenters. The van der Waals surface area contributed by atoms with E-state index >= 15 is 0 Å². The Balaban J connectivity index is 1.48. The third kappa shape index (κ3) is 3.01. The molecule has 4 aliphatic carbocycles. The minimum atomic E-state index is -0.450. The molecule has 4 saturated carbocycles. The Morgan fingerprint density at radius 1 is 1.25 bits per heavy atom. The Morgan fingerprint density at radius 3 is 2.30 bits per heavy atom. The quantitative estimate of drug-likeness (QED) is 0.766. The summed E-state index contributed by atoms with van der Waals surface area (Å²) in [5, 5.41) is 0. The highest BCUT2D eigenvalue weighted by atomic mass is 32.2. The number of nitrogens with two attached hydrogens (primary N) is 1. The monoisotopic (exact) mass is 297 g/mol. The van der Waals surface area contributed by atoms with Crippen molar-refractivity contribution in [3.8, 4) is 0 Å². The number of carbonyl (C=O) groups excluding carboxylic acids is 1. The van der Waals surface area contributed by atoms with Crippen LogP contribution in [0, 0.1) is 23.2 Å². The summed E-state index contributed by atoms with van der Waals surface area (Å²) in [7, 11) is 0. The predicted octanol–water partition coefficient (Wildman–Crippen LogP) is 2.83. The molecule has 0 saturated heterocycles. The molecule has 0 aromatic heterocycles. The van der Waals surface area contributed by atoms with Gasteiger partial charge in [-0.1, -0.05) is 0 Å². The number of rotatable bonds is 6. The van der Waals surface area contributed by atoms with Gasteiger partial charge in [-0.05, 0) is 74.4 Å². The summed E-state index contributed by atoms with van der Waals surface area (Å²) in [5.74, 6) is 4.66. The Morgan fingerprint density at radius 2 is 1.80 bits per heavy atom. The standard InChI is InChI=1S/C16H27NO2S/c1-2-19-15(18)14(17)9-20-10-16-6-11-3-12(7-16)5-13(4-11)8-16/h11-14H,2-10,17H2,1H3. The van der Waals surface area contributed by atoms with Crippen molar-refractivity contribution < 1.29 is 9.53 Å². The Bertz CT molecular complexity index is 336. The Hall–Kier alpha value is -0.220. The summed E-state index contributed by atoms with van der Waals surface area (Å²) >= 11 is 1.88. The number of esters is 1. The second-order valence-electron chi connectivity index (χ2n) is 7.29. The summed E-state index contributed by atoms with van der Waals surface area (Å²) in [4.78, 5) is 11.5. The highest BCUT2D eigenvalue weighted by Crippen LogP contribution is 2.60. The maximum Gasteiger partial charge on any atom is 0.323 e. The van der Waals surface area contributed by atoms with Gasteiger partial charge in [0.2, 0.25) is 0 Å². The zero-order chi connectivity index (χ0) is 14.2. The molecule has 0 radical (unpaired) electrons. The van der Waals surface area contributed by atoms with E-state index in [1.165, 1.54) is 44.3 Å². The molecule has 4 aliphatic rings. The smallest absolute Gasteiger partial charge is 0.323 e. The molecule has 4 heteroatoms. The Kier molecular flexibility index (Phi) is 4.32. The van der Waals surface area contributed by atoms with Crippen LogP contribution in [0.4, 0.5) is 0 Å². The van der Waals surface area contributed by atoms with E-state index < -0.39 is 6.04 Å². The first kappa shape index (κ1) is 14.7. The topological polar surface area (TPSA) is 52.3 Å². The minimum Gasteiger partial charge on any atom is -0.465 e. The third-order valence-corrected chi connectivity index (χ3v) is 6.87. The van der Waals surface area contributed by atoms with Crippen molar-refractivity contribution in [2.75, 3.05) is 18.1 Å². The van der Waals surface area contributed by atoms with Crippen LogP contribution in [0.15, 0.2) is 0 Å². The van der Waals surface area contributed by atoms with Gasteiger partial charge in [-0.3, -0.25) is 4.79 Å². The summed E-state index contributed by atoms with van der Waals surface area (Å²) < 4.78 is 4.97. The fourth-order valence-electron chi connectivity index (χ4n) is 5.19. The molecule has 0 heterocycles. The molecule has 0 spiro atoms. The highest BCUT2D eigenvalue weighted by Gasteiger charge is 2.50. The number of hydrogen-bond acceptors (Lipinski definition) is 4. The van der Waals surface area contributed by atoms with Crippen LogP contribution < -0.4 is 5.73 Å². The van der Waals surface area contributed by atoms with Gasteiger partial charge in [0.15, 0.2) is 0 Å². The molecule has 0 aromatic rings. The van der Waals surface area contributed by atoms with Gasteiger partial charge in [-0.15, -0.1) is 0 Å². The van der Waals surface area contributed by atoms with E-state index in [1.807, 2.05) is 18.7 Å². The van der Waals surface area contributed by atoms with Crippen molar-refractivity contribution in [1.82, 2.24) is 0 Å². The second kappa shape index (κ2) is 5.88. The SMILES string of the molecule is CCOC(=O)C(N)CSCC12CC3CC(CC(C3)C1)C2. The molecule has 0 aliphatic heterocycles. The van der Waals surface area contributed by atoms with Gasteiger partial charge in [0.25, 0.3) is 0 Å². The first-order chi connectivity index (χ1) is 9.60. The third-order valence-electron chi connectivity index (χ3n) is 5.46. The molecule has 4 rings (SSSR count). The molecular formula is C16H27NO2S. The molecule has 3 nitrogen and oxygen atoms in total. The van der Waals surface area contributed by atoms with Gasteiger partial charge in [0.1, 0.15) is 6.04 Å².